The standard InChI is InChI=1S/C21H32N6O3/c1-3-23-18-12-17(26-20(22)27-18)10-8-6-5-7-9-15(11-19(28)29)16-13-24-21(25-14-16)30-4-2/h12-15H,3-11H2,1-2H3,(H,28,29)(H3,22,23,26,27). The van der Waals surface area contributed by atoms with Crippen LogP contribution in [0.15, 0.2) is 18.5 Å². The SMILES string of the molecule is CCNc1cc(CCCCCCC(CC(=O)O)c2cnc(OCC)nc2)nc(N)n1. The predicted octanol–water partition coefficient (Wildman–Crippen LogP) is 3.43. The van der Waals surface area contributed by atoms with Gasteiger partial charge in [-0.25, -0.2) is 15.0 Å². The molecule has 0 fully saturated rings. The Hall–Kier alpha value is -2.97. The maximum Gasteiger partial charge on any atom is 0.316 e. The third-order valence-electron chi connectivity index (χ3n) is 4.70. The normalized spacial score (nSPS) is 11.8. The van der Waals surface area contributed by atoms with E-state index in [0.29, 0.717) is 12.6 Å². The summed E-state index contributed by atoms with van der Waals surface area (Å²) in [7, 11) is 0. The van der Waals surface area contributed by atoms with E-state index >= 15 is 0 Å². The molecular formula is C21H32N6O3. The number of hydrogen-bond acceptors (Lipinski definition) is 8. The van der Waals surface area contributed by atoms with Crippen LogP contribution in [-0.2, 0) is 11.2 Å². The lowest BCUT2D eigenvalue weighted by atomic mass is 9.92. The first-order valence-electron chi connectivity index (χ1n) is 10.6. The highest BCUT2D eigenvalue weighted by Crippen LogP contribution is 2.26. The first-order chi connectivity index (χ1) is 14.5. The van der Waals surface area contributed by atoms with E-state index in [0.717, 1.165) is 62.1 Å². The maximum atomic E-state index is 11.3. The van der Waals surface area contributed by atoms with Crippen LogP contribution in [-0.4, -0.2) is 44.2 Å². The number of hydrogen-bond donors (Lipinski definition) is 3. The summed E-state index contributed by atoms with van der Waals surface area (Å²) < 4.78 is 5.25. The molecule has 9 nitrogen and oxygen atoms in total. The van der Waals surface area contributed by atoms with Crippen molar-refractivity contribution in [2.24, 2.45) is 0 Å². The van der Waals surface area contributed by atoms with Crippen molar-refractivity contribution < 1.29 is 14.6 Å². The fourth-order valence-corrected chi connectivity index (χ4v) is 3.31. The average Bonchev–Trinajstić information content (AvgIpc) is 2.70. The molecular weight excluding hydrogens is 384 g/mol. The van der Waals surface area contributed by atoms with E-state index < -0.39 is 5.97 Å². The number of nitrogens with one attached hydrogen (secondary N) is 1. The van der Waals surface area contributed by atoms with Gasteiger partial charge in [-0.15, -0.1) is 0 Å². The molecule has 0 aliphatic carbocycles. The van der Waals surface area contributed by atoms with Crippen LogP contribution in [0.1, 0.15) is 69.5 Å². The fourth-order valence-electron chi connectivity index (χ4n) is 3.31. The minimum Gasteiger partial charge on any atom is -0.481 e. The third kappa shape index (κ3) is 8.18. The highest BCUT2D eigenvalue weighted by Gasteiger charge is 2.16. The molecule has 0 aliphatic rings. The summed E-state index contributed by atoms with van der Waals surface area (Å²) >= 11 is 0. The predicted molar refractivity (Wildman–Crippen MR) is 116 cm³/mol. The summed E-state index contributed by atoms with van der Waals surface area (Å²) in [6.07, 6.45) is 9.06. The van der Waals surface area contributed by atoms with Crippen molar-refractivity contribution in [1.82, 2.24) is 19.9 Å². The summed E-state index contributed by atoms with van der Waals surface area (Å²) in [6, 6.07) is 2.26. The molecule has 2 aromatic rings. The molecule has 30 heavy (non-hydrogen) atoms. The van der Waals surface area contributed by atoms with Crippen LogP contribution in [0.25, 0.3) is 0 Å². The van der Waals surface area contributed by atoms with Crippen molar-refractivity contribution in [3.63, 3.8) is 0 Å². The molecule has 0 bridgehead atoms. The van der Waals surface area contributed by atoms with Gasteiger partial charge < -0.3 is 20.9 Å². The Kier molecular flexibility index (Phi) is 9.76. The van der Waals surface area contributed by atoms with Crippen molar-refractivity contribution in [1.29, 1.82) is 0 Å². The van der Waals surface area contributed by atoms with Crippen molar-refractivity contribution in [2.45, 2.75) is 64.7 Å². The smallest absolute Gasteiger partial charge is 0.316 e. The number of ether oxygens (including phenoxy) is 1. The molecule has 0 aliphatic heterocycles. The Bertz CT molecular complexity index is 785. The zero-order chi connectivity index (χ0) is 21.8. The monoisotopic (exact) mass is 416 g/mol. The van der Waals surface area contributed by atoms with E-state index in [9.17, 15) is 9.90 Å². The average molecular weight is 417 g/mol. The van der Waals surface area contributed by atoms with Gasteiger partial charge in [0.1, 0.15) is 5.82 Å². The van der Waals surface area contributed by atoms with Crippen LogP contribution >= 0.6 is 0 Å². The Balaban J connectivity index is 1.78. The van der Waals surface area contributed by atoms with Gasteiger partial charge in [-0.3, -0.25) is 4.79 Å². The number of anilines is 2. The lowest BCUT2D eigenvalue weighted by Crippen LogP contribution is -2.08. The van der Waals surface area contributed by atoms with E-state index in [1.54, 1.807) is 12.4 Å². The molecule has 2 aromatic heterocycles. The summed E-state index contributed by atoms with van der Waals surface area (Å²) in [4.78, 5) is 28.0. The highest BCUT2D eigenvalue weighted by atomic mass is 16.5. The van der Waals surface area contributed by atoms with Crippen molar-refractivity contribution in [3.8, 4) is 6.01 Å². The molecule has 9 heteroatoms. The summed E-state index contributed by atoms with van der Waals surface area (Å²) in [5.41, 5.74) is 7.55. The number of rotatable bonds is 14. The van der Waals surface area contributed by atoms with E-state index in [-0.39, 0.29) is 18.3 Å². The van der Waals surface area contributed by atoms with Gasteiger partial charge in [0.05, 0.1) is 13.0 Å². The number of nitrogens with zero attached hydrogens (tertiary/aromatic N) is 4. The number of aromatic nitrogens is 4. The molecule has 0 aromatic carbocycles. The van der Waals surface area contributed by atoms with E-state index in [4.69, 9.17) is 10.5 Å². The van der Waals surface area contributed by atoms with Crippen molar-refractivity contribution in [3.05, 3.63) is 29.7 Å². The summed E-state index contributed by atoms with van der Waals surface area (Å²) in [6.45, 7) is 5.16. The van der Waals surface area contributed by atoms with Crippen LogP contribution in [0.3, 0.4) is 0 Å². The molecule has 1 atom stereocenters. The van der Waals surface area contributed by atoms with Gasteiger partial charge in [-0.05, 0) is 44.6 Å². The summed E-state index contributed by atoms with van der Waals surface area (Å²) in [5, 5.41) is 12.4. The topological polar surface area (TPSA) is 136 Å². The van der Waals surface area contributed by atoms with Gasteiger partial charge in [0.15, 0.2) is 0 Å². The van der Waals surface area contributed by atoms with E-state index in [1.165, 1.54) is 0 Å². The van der Waals surface area contributed by atoms with Gasteiger partial charge in [0.25, 0.3) is 0 Å². The molecule has 1 unspecified atom stereocenters. The number of carboxylic acid groups (broad SMARTS) is 1. The van der Waals surface area contributed by atoms with Crippen LogP contribution in [0.4, 0.5) is 11.8 Å². The molecule has 2 rings (SSSR count). The number of carbonyl (C=O) groups is 1. The first kappa shape index (κ1) is 23.3. The maximum absolute atomic E-state index is 11.3. The van der Waals surface area contributed by atoms with Gasteiger partial charge in [0, 0.05) is 30.7 Å². The molecule has 2 heterocycles. The minimum atomic E-state index is -0.813. The molecule has 0 amide bonds. The van der Waals surface area contributed by atoms with Crippen LogP contribution in [0.5, 0.6) is 6.01 Å². The quantitative estimate of drug-likeness (QED) is 0.396. The zero-order valence-electron chi connectivity index (χ0n) is 17.8. The number of nitrogen functional groups attached to an aromatic ring is 1. The largest absolute Gasteiger partial charge is 0.481 e. The molecule has 0 saturated heterocycles. The molecule has 0 spiro atoms. The zero-order valence-corrected chi connectivity index (χ0v) is 17.8. The molecule has 164 valence electrons. The van der Waals surface area contributed by atoms with Crippen LogP contribution < -0.4 is 15.8 Å². The van der Waals surface area contributed by atoms with Crippen molar-refractivity contribution >= 4 is 17.7 Å². The number of aliphatic carboxylic acids is 1. The lowest BCUT2D eigenvalue weighted by Gasteiger charge is -2.15. The highest BCUT2D eigenvalue weighted by molar-refractivity contribution is 5.68. The lowest BCUT2D eigenvalue weighted by molar-refractivity contribution is -0.137. The Morgan fingerprint density at radius 1 is 1.17 bits per heavy atom. The second-order valence-electron chi connectivity index (χ2n) is 7.11. The second-order valence-corrected chi connectivity index (χ2v) is 7.11. The van der Waals surface area contributed by atoms with Crippen LogP contribution in [0, 0.1) is 0 Å². The molecule has 4 N–H and O–H groups in total. The number of nitrogens with two attached hydrogens (primary N) is 1. The van der Waals surface area contributed by atoms with Gasteiger partial charge >= 0.3 is 12.0 Å². The van der Waals surface area contributed by atoms with Gasteiger partial charge in [-0.2, -0.15) is 4.98 Å². The second kappa shape index (κ2) is 12.6. The minimum absolute atomic E-state index is 0.0742. The van der Waals surface area contributed by atoms with Crippen molar-refractivity contribution in [2.75, 3.05) is 24.2 Å². The summed E-state index contributed by atoms with van der Waals surface area (Å²) in [5.74, 6) is 0.140. The van der Waals surface area contributed by atoms with E-state index in [2.05, 4.69) is 25.3 Å². The Morgan fingerprint density at radius 2 is 1.90 bits per heavy atom. The van der Waals surface area contributed by atoms with Gasteiger partial charge in [-0.1, -0.05) is 19.3 Å². The number of carboxylic acids is 1. The number of aryl methyl sites for hydroxylation is 1. The van der Waals surface area contributed by atoms with Gasteiger partial charge in [0.2, 0.25) is 5.95 Å². The third-order valence-corrected chi connectivity index (χ3v) is 4.70. The first-order valence-corrected chi connectivity index (χ1v) is 10.6. The van der Waals surface area contributed by atoms with E-state index in [1.807, 2.05) is 19.9 Å². The molecule has 0 saturated carbocycles. The fraction of sp³-hybridized carbons (Fsp3) is 0.571. The Labute approximate surface area is 177 Å². The molecule has 0 radical (unpaired) electrons. The number of unbranched alkanes of at least 4 members (excludes halogenated alkanes) is 3. The van der Waals surface area contributed by atoms with Crippen LogP contribution in [0.2, 0.25) is 0 Å². The Morgan fingerprint density at radius 3 is 2.57 bits per heavy atom.